The first kappa shape index (κ1) is 17.1. The fourth-order valence-electron chi connectivity index (χ4n) is 2.05. The molecule has 0 spiro atoms. The van der Waals surface area contributed by atoms with Gasteiger partial charge < -0.3 is 15.2 Å². The zero-order valence-corrected chi connectivity index (χ0v) is 14.3. The number of carbonyl (C=O) groups excluding carboxylic acids is 1. The maximum atomic E-state index is 12.6. The highest BCUT2D eigenvalue weighted by Gasteiger charge is 2.20. The molecule has 7 heteroatoms. The number of ketones is 1. The van der Waals surface area contributed by atoms with Crippen molar-refractivity contribution in [3.63, 3.8) is 0 Å². The van der Waals surface area contributed by atoms with E-state index in [2.05, 4.69) is 9.97 Å². The molecule has 2 aromatic rings. The van der Waals surface area contributed by atoms with Crippen molar-refractivity contribution in [3.8, 4) is 11.5 Å². The van der Waals surface area contributed by atoms with Crippen molar-refractivity contribution in [1.29, 1.82) is 0 Å². The van der Waals surface area contributed by atoms with Gasteiger partial charge in [0, 0.05) is 17.3 Å². The standard InChI is InChI=1S/C16H19N3O3S/c1-9-7-14(17)19-16(18-9)23-10(2)15(20)11-5-6-12(21-3)13(8-11)22-4/h5-8,10H,1-4H3,(H2,17,18,19). The monoisotopic (exact) mass is 333 g/mol. The Morgan fingerprint density at radius 2 is 1.87 bits per heavy atom. The average molecular weight is 333 g/mol. The number of thioether (sulfide) groups is 1. The van der Waals surface area contributed by atoms with Gasteiger partial charge in [0.25, 0.3) is 0 Å². The highest BCUT2D eigenvalue weighted by atomic mass is 32.2. The van der Waals surface area contributed by atoms with Gasteiger partial charge in [-0.15, -0.1) is 0 Å². The summed E-state index contributed by atoms with van der Waals surface area (Å²) >= 11 is 1.27. The zero-order valence-electron chi connectivity index (χ0n) is 13.5. The number of Topliss-reactive ketones (excluding diaryl/α,β-unsaturated/α-hetero) is 1. The Morgan fingerprint density at radius 1 is 1.17 bits per heavy atom. The molecule has 0 fully saturated rings. The number of ether oxygens (including phenoxy) is 2. The molecule has 1 atom stereocenters. The summed E-state index contributed by atoms with van der Waals surface area (Å²) in [7, 11) is 3.09. The van der Waals surface area contributed by atoms with Gasteiger partial charge in [-0.25, -0.2) is 9.97 Å². The predicted molar refractivity (Wildman–Crippen MR) is 90.4 cm³/mol. The molecule has 0 bridgehead atoms. The van der Waals surface area contributed by atoms with Crippen molar-refractivity contribution in [2.75, 3.05) is 20.0 Å². The molecular weight excluding hydrogens is 314 g/mol. The number of nitrogens with two attached hydrogens (primary N) is 1. The molecule has 23 heavy (non-hydrogen) atoms. The zero-order chi connectivity index (χ0) is 17.0. The van der Waals surface area contributed by atoms with Crippen LogP contribution < -0.4 is 15.2 Å². The smallest absolute Gasteiger partial charge is 0.190 e. The van der Waals surface area contributed by atoms with Crippen LogP contribution in [0.15, 0.2) is 29.4 Å². The number of methoxy groups -OCH3 is 2. The van der Waals surface area contributed by atoms with Crippen LogP contribution in [0.4, 0.5) is 5.82 Å². The lowest BCUT2D eigenvalue weighted by molar-refractivity contribution is 0.0993. The van der Waals surface area contributed by atoms with E-state index in [-0.39, 0.29) is 11.0 Å². The van der Waals surface area contributed by atoms with Crippen molar-refractivity contribution in [1.82, 2.24) is 9.97 Å². The van der Waals surface area contributed by atoms with Gasteiger partial charge in [-0.3, -0.25) is 4.79 Å². The molecule has 0 saturated heterocycles. The number of aromatic nitrogens is 2. The summed E-state index contributed by atoms with van der Waals surface area (Å²) in [5.41, 5.74) is 7.03. The first-order chi connectivity index (χ1) is 10.9. The molecule has 1 aromatic carbocycles. The second kappa shape index (κ2) is 7.32. The van der Waals surface area contributed by atoms with Gasteiger partial charge in [0.2, 0.25) is 0 Å². The molecule has 1 unspecified atom stereocenters. The average Bonchev–Trinajstić information content (AvgIpc) is 2.52. The van der Waals surface area contributed by atoms with Gasteiger partial charge in [0.15, 0.2) is 22.4 Å². The fourth-order valence-corrected chi connectivity index (χ4v) is 2.97. The van der Waals surface area contributed by atoms with E-state index >= 15 is 0 Å². The number of aryl methyl sites for hydroxylation is 1. The van der Waals surface area contributed by atoms with Crippen LogP contribution in [-0.4, -0.2) is 35.2 Å². The third-order valence-corrected chi connectivity index (χ3v) is 4.13. The van der Waals surface area contributed by atoms with Crippen LogP contribution in [-0.2, 0) is 0 Å². The number of hydrogen-bond acceptors (Lipinski definition) is 7. The first-order valence-corrected chi connectivity index (χ1v) is 7.86. The minimum Gasteiger partial charge on any atom is -0.493 e. The molecule has 0 aliphatic carbocycles. The third kappa shape index (κ3) is 4.13. The van der Waals surface area contributed by atoms with E-state index < -0.39 is 0 Å². The van der Waals surface area contributed by atoms with E-state index in [1.165, 1.54) is 18.9 Å². The van der Waals surface area contributed by atoms with Gasteiger partial charge in [0.1, 0.15) is 5.82 Å². The first-order valence-electron chi connectivity index (χ1n) is 6.98. The lowest BCUT2D eigenvalue weighted by Crippen LogP contribution is -2.14. The molecular formula is C16H19N3O3S. The van der Waals surface area contributed by atoms with Crippen molar-refractivity contribution >= 4 is 23.4 Å². The van der Waals surface area contributed by atoms with Gasteiger partial charge in [-0.2, -0.15) is 0 Å². The van der Waals surface area contributed by atoms with Crippen LogP contribution in [0.3, 0.4) is 0 Å². The minimum atomic E-state index is -0.352. The Hall–Kier alpha value is -2.28. The summed E-state index contributed by atoms with van der Waals surface area (Å²) in [6.45, 7) is 3.65. The van der Waals surface area contributed by atoms with Crippen LogP contribution in [0.2, 0.25) is 0 Å². The largest absolute Gasteiger partial charge is 0.493 e. The minimum absolute atomic E-state index is 0.0420. The van der Waals surface area contributed by atoms with E-state index in [1.54, 1.807) is 31.4 Å². The molecule has 0 aliphatic heterocycles. The predicted octanol–water partition coefficient (Wildman–Crippen LogP) is 2.75. The number of benzene rings is 1. The lowest BCUT2D eigenvalue weighted by atomic mass is 10.1. The molecule has 1 heterocycles. The normalized spacial score (nSPS) is 11.8. The third-order valence-electron chi connectivity index (χ3n) is 3.17. The number of hydrogen-bond donors (Lipinski definition) is 1. The van der Waals surface area contributed by atoms with E-state index in [0.29, 0.717) is 28.0 Å². The lowest BCUT2D eigenvalue weighted by Gasteiger charge is -2.12. The van der Waals surface area contributed by atoms with Crippen LogP contribution >= 0.6 is 11.8 Å². The van der Waals surface area contributed by atoms with Crippen LogP contribution in [0.5, 0.6) is 11.5 Å². The van der Waals surface area contributed by atoms with Crippen molar-refractivity contribution in [3.05, 3.63) is 35.5 Å². The van der Waals surface area contributed by atoms with Gasteiger partial charge in [-0.05, 0) is 32.0 Å². The number of nitrogen functional groups attached to an aromatic ring is 1. The Labute approximate surface area is 139 Å². The van der Waals surface area contributed by atoms with Crippen LogP contribution in [0.25, 0.3) is 0 Å². The topological polar surface area (TPSA) is 87.3 Å². The molecule has 0 saturated carbocycles. The van der Waals surface area contributed by atoms with Crippen LogP contribution in [0, 0.1) is 6.92 Å². The number of anilines is 1. The SMILES string of the molecule is COc1ccc(C(=O)C(C)Sc2nc(C)cc(N)n2)cc1OC. The second-order valence-corrected chi connectivity index (χ2v) is 6.22. The van der Waals surface area contributed by atoms with Crippen molar-refractivity contribution < 1.29 is 14.3 Å². The number of nitrogens with zero attached hydrogens (tertiary/aromatic N) is 2. The molecule has 0 amide bonds. The quantitative estimate of drug-likeness (QED) is 0.494. The maximum Gasteiger partial charge on any atom is 0.190 e. The summed E-state index contributed by atoms with van der Waals surface area (Å²) < 4.78 is 10.4. The molecule has 122 valence electrons. The molecule has 1 aromatic heterocycles. The summed E-state index contributed by atoms with van der Waals surface area (Å²) in [5.74, 6) is 1.45. The molecule has 6 nitrogen and oxygen atoms in total. The molecule has 2 rings (SSSR count). The summed E-state index contributed by atoms with van der Waals surface area (Å²) in [5, 5.41) is 0.137. The fraction of sp³-hybridized carbons (Fsp3) is 0.312. The highest BCUT2D eigenvalue weighted by Crippen LogP contribution is 2.30. The Kier molecular flexibility index (Phi) is 5.44. The highest BCUT2D eigenvalue weighted by molar-refractivity contribution is 8.00. The van der Waals surface area contributed by atoms with Crippen molar-refractivity contribution in [2.45, 2.75) is 24.3 Å². The van der Waals surface area contributed by atoms with Gasteiger partial charge in [-0.1, -0.05) is 11.8 Å². The summed E-state index contributed by atoms with van der Waals surface area (Å²) in [4.78, 5) is 21.0. The molecule has 0 aliphatic rings. The van der Waals surface area contributed by atoms with E-state index in [9.17, 15) is 4.79 Å². The van der Waals surface area contributed by atoms with Crippen LogP contribution in [0.1, 0.15) is 23.0 Å². The van der Waals surface area contributed by atoms with Gasteiger partial charge in [0.05, 0.1) is 19.5 Å². The Bertz CT molecular complexity index is 701. The number of carbonyl (C=O) groups is 1. The Balaban J connectivity index is 2.19. The summed E-state index contributed by atoms with van der Waals surface area (Å²) in [6.07, 6.45) is 0. The second-order valence-electron chi connectivity index (χ2n) is 4.91. The van der Waals surface area contributed by atoms with E-state index in [0.717, 1.165) is 5.69 Å². The summed E-state index contributed by atoms with van der Waals surface area (Å²) in [6, 6.07) is 6.78. The maximum absolute atomic E-state index is 12.6. The number of rotatable bonds is 6. The van der Waals surface area contributed by atoms with E-state index in [4.69, 9.17) is 15.2 Å². The molecule has 0 radical (unpaired) electrons. The van der Waals surface area contributed by atoms with E-state index in [1.807, 2.05) is 13.8 Å². The van der Waals surface area contributed by atoms with Gasteiger partial charge >= 0.3 is 0 Å². The van der Waals surface area contributed by atoms with Crippen molar-refractivity contribution in [2.24, 2.45) is 0 Å². The molecule has 2 N–H and O–H groups in total. The Morgan fingerprint density at radius 3 is 2.48 bits per heavy atom.